The number of benzene rings is 1. The van der Waals surface area contributed by atoms with Crippen molar-refractivity contribution in [1.29, 1.82) is 0 Å². The molecule has 3 N–H and O–H groups in total. The van der Waals surface area contributed by atoms with Crippen LogP contribution in [0.3, 0.4) is 0 Å². The van der Waals surface area contributed by atoms with Crippen LogP contribution in [0.4, 0.5) is 5.69 Å². The third-order valence-electron chi connectivity index (χ3n) is 2.47. The maximum atomic E-state index is 12.1. The van der Waals surface area contributed by atoms with Crippen molar-refractivity contribution < 1.29 is 4.79 Å². The van der Waals surface area contributed by atoms with Gasteiger partial charge in [0.05, 0.1) is 11.3 Å². The molecule has 1 rings (SSSR count). The maximum Gasteiger partial charge on any atom is 0.255 e. The third kappa shape index (κ3) is 2.73. The number of nitrogens with one attached hydrogen (secondary N) is 1. The van der Waals surface area contributed by atoms with Gasteiger partial charge in [-0.25, -0.2) is 0 Å². The normalized spacial score (nSPS) is 10.0. The molecule has 0 aliphatic carbocycles. The average molecular weight is 221 g/mol. The predicted molar refractivity (Wildman–Crippen MR) is 66.2 cm³/mol. The molecule has 1 aromatic carbocycles. The Labute approximate surface area is 96.4 Å². The van der Waals surface area contributed by atoms with Crippen LogP contribution in [0.15, 0.2) is 18.2 Å². The standard InChI is InChI=1S/C12H19N3O/c1-4-7-15(3)12(16)10-8-9(2)5-6-11(10)14-13/h5-6,8,14H,4,7,13H2,1-3H3. The van der Waals surface area contributed by atoms with Gasteiger partial charge in [0.25, 0.3) is 5.91 Å². The Hall–Kier alpha value is -1.55. The lowest BCUT2D eigenvalue weighted by Crippen LogP contribution is -2.28. The summed E-state index contributed by atoms with van der Waals surface area (Å²) in [6.45, 7) is 4.75. The van der Waals surface area contributed by atoms with Gasteiger partial charge >= 0.3 is 0 Å². The van der Waals surface area contributed by atoms with E-state index in [1.54, 1.807) is 11.9 Å². The first-order chi connectivity index (χ1) is 7.60. The fourth-order valence-electron chi connectivity index (χ4n) is 1.60. The molecular formula is C12H19N3O. The highest BCUT2D eigenvalue weighted by atomic mass is 16.2. The summed E-state index contributed by atoms with van der Waals surface area (Å²) in [4.78, 5) is 13.8. The van der Waals surface area contributed by atoms with E-state index in [1.165, 1.54) is 0 Å². The van der Waals surface area contributed by atoms with Gasteiger partial charge < -0.3 is 10.3 Å². The summed E-state index contributed by atoms with van der Waals surface area (Å²) in [5.41, 5.74) is 4.89. The van der Waals surface area contributed by atoms with Gasteiger partial charge in [-0.2, -0.15) is 0 Å². The SMILES string of the molecule is CCCN(C)C(=O)c1cc(C)ccc1NN. The van der Waals surface area contributed by atoms with Crippen LogP contribution in [0, 0.1) is 6.92 Å². The quantitative estimate of drug-likeness (QED) is 0.601. The van der Waals surface area contributed by atoms with Crippen LogP contribution < -0.4 is 11.3 Å². The molecule has 1 aromatic rings. The molecule has 0 bridgehead atoms. The number of hydrazine groups is 1. The number of hydrogen-bond acceptors (Lipinski definition) is 3. The molecule has 4 heteroatoms. The minimum absolute atomic E-state index is 0.00139. The molecule has 0 spiro atoms. The molecule has 0 atom stereocenters. The van der Waals surface area contributed by atoms with Crippen molar-refractivity contribution in [2.75, 3.05) is 19.0 Å². The number of amides is 1. The van der Waals surface area contributed by atoms with Gasteiger partial charge in [0.15, 0.2) is 0 Å². The largest absolute Gasteiger partial charge is 0.342 e. The number of hydrogen-bond donors (Lipinski definition) is 2. The molecular weight excluding hydrogens is 202 g/mol. The molecule has 0 saturated carbocycles. The molecule has 0 unspecified atom stereocenters. The number of carbonyl (C=O) groups excluding carboxylic acids is 1. The smallest absolute Gasteiger partial charge is 0.255 e. The second-order valence-electron chi connectivity index (χ2n) is 3.92. The summed E-state index contributed by atoms with van der Waals surface area (Å²) >= 11 is 0. The van der Waals surface area contributed by atoms with Crippen LogP contribution in [0.2, 0.25) is 0 Å². The Kier molecular flexibility index (Phi) is 4.31. The first-order valence-corrected chi connectivity index (χ1v) is 5.42. The fourth-order valence-corrected chi connectivity index (χ4v) is 1.60. The summed E-state index contributed by atoms with van der Waals surface area (Å²) in [7, 11) is 1.80. The molecule has 0 radical (unpaired) electrons. The molecule has 16 heavy (non-hydrogen) atoms. The van der Waals surface area contributed by atoms with E-state index in [0.29, 0.717) is 11.3 Å². The summed E-state index contributed by atoms with van der Waals surface area (Å²) < 4.78 is 0. The lowest BCUT2D eigenvalue weighted by molar-refractivity contribution is 0.0796. The first-order valence-electron chi connectivity index (χ1n) is 5.42. The monoisotopic (exact) mass is 221 g/mol. The van der Waals surface area contributed by atoms with E-state index in [-0.39, 0.29) is 5.91 Å². The Morgan fingerprint density at radius 2 is 2.19 bits per heavy atom. The van der Waals surface area contributed by atoms with Crippen molar-refractivity contribution in [2.45, 2.75) is 20.3 Å². The Balaban J connectivity index is 3.01. The van der Waals surface area contributed by atoms with Crippen molar-refractivity contribution in [3.63, 3.8) is 0 Å². The summed E-state index contributed by atoms with van der Waals surface area (Å²) in [6.07, 6.45) is 0.944. The topological polar surface area (TPSA) is 58.4 Å². The lowest BCUT2D eigenvalue weighted by Gasteiger charge is -2.18. The molecule has 0 heterocycles. The molecule has 0 aliphatic heterocycles. The molecule has 88 valence electrons. The van der Waals surface area contributed by atoms with Crippen molar-refractivity contribution in [3.8, 4) is 0 Å². The van der Waals surface area contributed by atoms with Crippen LogP contribution in [-0.2, 0) is 0 Å². The van der Waals surface area contributed by atoms with Crippen LogP contribution in [0.5, 0.6) is 0 Å². The van der Waals surface area contributed by atoms with Crippen molar-refractivity contribution in [3.05, 3.63) is 29.3 Å². The summed E-state index contributed by atoms with van der Waals surface area (Å²) in [5, 5.41) is 0. The maximum absolute atomic E-state index is 12.1. The highest BCUT2D eigenvalue weighted by molar-refractivity contribution is 5.99. The van der Waals surface area contributed by atoms with Crippen molar-refractivity contribution in [1.82, 2.24) is 4.90 Å². The van der Waals surface area contributed by atoms with Crippen LogP contribution in [0.25, 0.3) is 0 Å². The van der Waals surface area contributed by atoms with Gasteiger partial charge in [-0.05, 0) is 25.5 Å². The van der Waals surface area contributed by atoms with Crippen molar-refractivity contribution >= 4 is 11.6 Å². The van der Waals surface area contributed by atoms with Crippen LogP contribution in [-0.4, -0.2) is 24.4 Å². The zero-order chi connectivity index (χ0) is 12.1. The number of anilines is 1. The zero-order valence-corrected chi connectivity index (χ0v) is 10.1. The zero-order valence-electron chi connectivity index (χ0n) is 10.1. The predicted octanol–water partition coefficient (Wildman–Crippen LogP) is 1.76. The molecule has 1 amide bonds. The molecule has 0 saturated heterocycles. The number of carbonyl (C=O) groups is 1. The van der Waals surface area contributed by atoms with Gasteiger partial charge in [-0.1, -0.05) is 18.6 Å². The number of nitrogens with two attached hydrogens (primary N) is 1. The van der Waals surface area contributed by atoms with E-state index >= 15 is 0 Å². The second kappa shape index (κ2) is 5.51. The van der Waals surface area contributed by atoms with E-state index < -0.39 is 0 Å². The summed E-state index contributed by atoms with van der Waals surface area (Å²) in [5.74, 6) is 5.39. The number of rotatable bonds is 4. The van der Waals surface area contributed by atoms with E-state index in [1.807, 2.05) is 32.0 Å². The minimum atomic E-state index is -0.00139. The van der Waals surface area contributed by atoms with Gasteiger partial charge in [0.2, 0.25) is 0 Å². The van der Waals surface area contributed by atoms with E-state index in [2.05, 4.69) is 5.43 Å². The lowest BCUT2D eigenvalue weighted by atomic mass is 10.1. The average Bonchev–Trinajstić information content (AvgIpc) is 2.28. The van der Waals surface area contributed by atoms with Gasteiger partial charge in [0.1, 0.15) is 0 Å². The molecule has 0 aromatic heterocycles. The van der Waals surface area contributed by atoms with E-state index in [9.17, 15) is 4.79 Å². The minimum Gasteiger partial charge on any atom is -0.342 e. The van der Waals surface area contributed by atoms with Gasteiger partial charge in [-0.3, -0.25) is 10.6 Å². The highest BCUT2D eigenvalue weighted by Gasteiger charge is 2.14. The Morgan fingerprint density at radius 3 is 2.75 bits per heavy atom. The highest BCUT2D eigenvalue weighted by Crippen LogP contribution is 2.18. The van der Waals surface area contributed by atoms with Crippen molar-refractivity contribution in [2.24, 2.45) is 5.84 Å². The third-order valence-corrected chi connectivity index (χ3v) is 2.47. The van der Waals surface area contributed by atoms with E-state index in [4.69, 9.17) is 5.84 Å². The van der Waals surface area contributed by atoms with E-state index in [0.717, 1.165) is 18.5 Å². The molecule has 4 nitrogen and oxygen atoms in total. The Morgan fingerprint density at radius 1 is 1.50 bits per heavy atom. The van der Waals surface area contributed by atoms with Crippen LogP contribution in [0.1, 0.15) is 29.3 Å². The first kappa shape index (κ1) is 12.5. The fraction of sp³-hybridized carbons (Fsp3) is 0.417. The Bertz CT molecular complexity index is 377. The van der Waals surface area contributed by atoms with Crippen LogP contribution >= 0.6 is 0 Å². The second-order valence-corrected chi connectivity index (χ2v) is 3.92. The van der Waals surface area contributed by atoms with Gasteiger partial charge in [-0.15, -0.1) is 0 Å². The molecule has 0 fully saturated rings. The number of nitrogen functional groups attached to an aromatic ring is 1. The van der Waals surface area contributed by atoms with Gasteiger partial charge in [0, 0.05) is 13.6 Å². The summed E-state index contributed by atoms with van der Waals surface area (Å²) in [6, 6.07) is 5.60. The number of aryl methyl sites for hydroxylation is 1. The molecule has 0 aliphatic rings. The number of nitrogens with zero attached hydrogens (tertiary/aromatic N) is 1.